The SMILES string of the molecule is Cc1ccc(-n2ncc(-n3ccnc3)c(Oc3cccc(Br)c3)c2=O)cc1. The van der Waals surface area contributed by atoms with Crippen LogP contribution in [-0.2, 0) is 0 Å². The maximum atomic E-state index is 13.2. The van der Waals surface area contributed by atoms with Crippen LogP contribution in [0, 0.1) is 6.92 Å². The van der Waals surface area contributed by atoms with E-state index in [1.807, 2.05) is 43.3 Å². The molecule has 7 heteroatoms. The number of aromatic nitrogens is 4. The predicted molar refractivity (Wildman–Crippen MR) is 106 cm³/mol. The lowest BCUT2D eigenvalue weighted by molar-refractivity contribution is 0.464. The van der Waals surface area contributed by atoms with Gasteiger partial charge in [0.1, 0.15) is 11.4 Å². The van der Waals surface area contributed by atoms with E-state index in [0.717, 1.165) is 10.0 Å². The quantitative estimate of drug-likeness (QED) is 0.492. The van der Waals surface area contributed by atoms with E-state index in [4.69, 9.17) is 4.74 Å². The summed E-state index contributed by atoms with van der Waals surface area (Å²) in [5, 5.41) is 4.32. The second-order valence-corrected chi connectivity index (χ2v) is 6.86. The Bertz CT molecular complexity index is 1140. The minimum absolute atomic E-state index is 0.168. The minimum Gasteiger partial charge on any atom is -0.449 e. The van der Waals surface area contributed by atoms with Gasteiger partial charge in [0.15, 0.2) is 0 Å². The summed E-state index contributed by atoms with van der Waals surface area (Å²) in [6.45, 7) is 1.99. The molecule has 0 bridgehead atoms. The van der Waals surface area contributed by atoms with Crippen molar-refractivity contribution in [1.29, 1.82) is 0 Å². The van der Waals surface area contributed by atoms with Gasteiger partial charge in [-0.25, -0.2) is 4.98 Å². The Balaban J connectivity index is 1.88. The van der Waals surface area contributed by atoms with Gasteiger partial charge in [0.2, 0.25) is 5.75 Å². The number of halogens is 1. The van der Waals surface area contributed by atoms with Gasteiger partial charge in [0.25, 0.3) is 0 Å². The molecule has 0 radical (unpaired) electrons. The Hall–Kier alpha value is -3.19. The summed E-state index contributed by atoms with van der Waals surface area (Å²) >= 11 is 3.42. The predicted octanol–water partition coefficient (Wildman–Crippen LogP) is 4.28. The van der Waals surface area contributed by atoms with Crippen LogP contribution >= 0.6 is 15.9 Å². The third-order valence-corrected chi connectivity index (χ3v) is 4.49. The summed E-state index contributed by atoms with van der Waals surface area (Å²) in [7, 11) is 0. The molecule has 27 heavy (non-hydrogen) atoms. The van der Waals surface area contributed by atoms with Crippen molar-refractivity contribution in [2.24, 2.45) is 0 Å². The van der Waals surface area contributed by atoms with Gasteiger partial charge in [-0.15, -0.1) is 0 Å². The summed E-state index contributed by atoms with van der Waals surface area (Å²) in [4.78, 5) is 17.2. The van der Waals surface area contributed by atoms with Gasteiger partial charge >= 0.3 is 5.56 Å². The molecule has 6 nitrogen and oxygen atoms in total. The number of hydrogen-bond donors (Lipinski definition) is 0. The van der Waals surface area contributed by atoms with Crippen LogP contribution in [0.2, 0.25) is 0 Å². The molecule has 134 valence electrons. The van der Waals surface area contributed by atoms with Crippen LogP contribution in [0.3, 0.4) is 0 Å². The molecule has 0 saturated heterocycles. The van der Waals surface area contributed by atoms with Crippen molar-refractivity contribution in [1.82, 2.24) is 19.3 Å². The number of hydrogen-bond acceptors (Lipinski definition) is 4. The second kappa shape index (κ2) is 7.20. The Morgan fingerprint density at radius 2 is 1.93 bits per heavy atom. The van der Waals surface area contributed by atoms with E-state index in [0.29, 0.717) is 17.1 Å². The average Bonchev–Trinajstić information content (AvgIpc) is 3.19. The summed E-state index contributed by atoms with van der Waals surface area (Å²) in [6, 6.07) is 14.9. The Morgan fingerprint density at radius 1 is 1.11 bits per heavy atom. The van der Waals surface area contributed by atoms with Crippen molar-refractivity contribution < 1.29 is 4.74 Å². The van der Waals surface area contributed by atoms with Crippen LogP contribution < -0.4 is 10.3 Å². The second-order valence-electron chi connectivity index (χ2n) is 5.94. The molecule has 0 unspecified atom stereocenters. The lowest BCUT2D eigenvalue weighted by Gasteiger charge is -2.13. The van der Waals surface area contributed by atoms with Crippen LogP contribution in [-0.4, -0.2) is 19.3 Å². The molecule has 2 aromatic heterocycles. The standard InChI is InChI=1S/C20H15BrN4O2/c1-14-5-7-16(8-6-14)25-20(26)19(27-17-4-2-3-15(21)11-17)18(12-23-25)24-10-9-22-13-24/h2-13H,1H3. The van der Waals surface area contributed by atoms with Crippen LogP contribution in [0.25, 0.3) is 11.4 Å². The van der Waals surface area contributed by atoms with Crippen molar-refractivity contribution in [3.63, 3.8) is 0 Å². The van der Waals surface area contributed by atoms with E-state index in [1.54, 1.807) is 41.6 Å². The maximum absolute atomic E-state index is 13.2. The fourth-order valence-corrected chi connectivity index (χ4v) is 3.01. The Kier molecular flexibility index (Phi) is 4.60. The van der Waals surface area contributed by atoms with Crippen molar-refractivity contribution >= 4 is 15.9 Å². The van der Waals surface area contributed by atoms with Crippen molar-refractivity contribution in [3.8, 4) is 22.9 Å². The van der Waals surface area contributed by atoms with Crippen LogP contribution in [0.1, 0.15) is 5.56 Å². The Morgan fingerprint density at radius 3 is 2.63 bits per heavy atom. The molecule has 4 rings (SSSR count). The zero-order valence-electron chi connectivity index (χ0n) is 14.4. The van der Waals surface area contributed by atoms with E-state index in [9.17, 15) is 4.79 Å². The van der Waals surface area contributed by atoms with E-state index >= 15 is 0 Å². The molecule has 4 aromatic rings. The lowest BCUT2D eigenvalue weighted by Crippen LogP contribution is -2.23. The summed E-state index contributed by atoms with van der Waals surface area (Å²) in [6.07, 6.45) is 6.56. The highest BCUT2D eigenvalue weighted by Crippen LogP contribution is 2.26. The zero-order valence-corrected chi connectivity index (χ0v) is 16.0. The number of rotatable bonds is 4. The molecular weight excluding hydrogens is 408 g/mol. The van der Waals surface area contributed by atoms with Crippen molar-refractivity contribution in [3.05, 3.63) is 93.8 Å². The summed E-state index contributed by atoms with van der Waals surface area (Å²) in [5.41, 5.74) is 1.93. The largest absolute Gasteiger partial charge is 0.449 e. The van der Waals surface area contributed by atoms with E-state index < -0.39 is 0 Å². The molecule has 0 atom stereocenters. The first-order valence-corrected chi connectivity index (χ1v) is 9.02. The van der Waals surface area contributed by atoms with Crippen molar-refractivity contribution in [2.75, 3.05) is 0 Å². The monoisotopic (exact) mass is 422 g/mol. The third kappa shape index (κ3) is 3.54. The molecule has 0 aliphatic heterocycles. The van der Waals surface area contributed by atoms with Gasteiger partial charge in [-0.05, 0) is 37.3 Å². The molecular formula is C20H15BrN4O2. The fraction of sp³-hybridized carbons (Fsp3) is 0.0500. The third-order valence-electron chi connectivity index (χ3n) is 3.99. The van der Waals surface area contributed by atoms with Crippen molar-refractivity contribution in [2.45, 2.75) is 6.92 Å². The minimum atomic E-state index is -0.356. The van der Waals surface area contributed by atoms with Gasteiger partial charge in [-0.1, -0.05) is 39.7 Å². The van der Waals surface area contributed by atoms with Crippen LogP contribution in [0.4, 0.5) is 0 Å². The molecule has 0 amide bonds. The first kappa shape index (κ1) is 17.2. The van der Waals surface area contributed by atoms with Crippen LogP contribution in [0.15, 0.2) is 82.7 Å². The summed E-state index contributed by atoms with van der Waals surface area (Å²) in [5.74, 6) is 0.714. The van der Waals surface area contributed by atoms with E-state index in [-0.39, 0.29) is 11.3 Å². The van der Waals surface area contributed by atoms with Gasteiger partial charge < -0.3 is 9.30 Å². The topological polar surface area (TPSA) is 61.9 Å². The number of benzene rings is 2. The molecule has 0 fully saturated rings. The number of nitrogens with zero attached hydrogens (tertiary/aromatic N) is 4. The molecule has 0 aliphatic carbocycles. The molecule has 0 N–H and O–H groups in total. The zero-order chi connectivity index (χ0) is 18.8. The van der Waals surface area contributed by atoms with E-state index in [1.165, 1.54) is 4.68 Å². The number of imidazole rings is 1. The number of ether oxygens (including phenoxy) is 1. The smallest absolute Gasteiger partial charge is 0.316 e. The number of aryl methyl sites for hydroxylation is 1. The molecule has 0 aliphatic rings. The normalized spacial score (nSPS) is 10.7. The first-order chi connectivity index (χ1) is 13.1. The molecule has 2 heterocycles. The highest BCUT2D eigenvalue weighted by Gasteiger charge is 2.16. The molecule has 2 aromatic carbocycles. The van der Waals surface area contributed by atoms with Gasteiger partial charge in [0, 0.05) is 16.9 Å². The highest BCUT2D eigenvalue weighted by molar-refractivity contribution is 9.10. The molecule has 0 spiro atoms. The Labute approximate surface area is 163 Å². The lowest BCUT2D eigenvalue weighted by atomic mass is 10.2. The van der Waals surface area contributed by atoms with E-state index in [2.05, 4.69) is 26.0 Å². The fourth-order valence-electron chi connectivity index (χ4n) is 2.63. The first-order valence-electron chi connectivity index (χ1n) is 8.23. The average molecular weight is 423 g/mol. The van der Waals surface area contributed by atoms with Crippen LogP contribution in [0.5, 0.6) is 11.5 Å². The molecule has 0 saturated carbocycles. The van der Waals surface area contributed by atoms with Gasteiger partial charge in [-0.2, -0.15) is 9.78 Å². The highest BCUT2D eigenvalue weighted by atomic mass is 79.9. The summed E-state index contributed by atoms with van der Waals surface area (Å²) < 4.78 is 9.86. The maximum Gasteiger partial charge on any atom is 0.316 e. The van der Waals surface area contributed by atoms with Gasteiger partial charge in [-0.3, -0.25) is 4.79 Å². The van der Waals surface area contributed by atoms with Gasteiger partial charge in [0.05, 0.1) is 18.2 Å².